The maximum absolute atomic E-state index is 2.27. The van der Waals surface area contributed by atoms with Gasteiger partial charge in [-0.1, -0.05) is 65.2 Å². The van der Waals surface area contributed by atoms with E-state index in [1.807, 2.05) is 0 Å². The van der Waals surface area contributed by atoms with Gasteiger partial charge >= 0.3 is 27.3 Å². The molecule has 0 aromatic carbocycles. The average Bonchev–Trinajstić information content (AvgIpc) is 1.97. The molecule has 0 atom stereocenters. The third kappa shape index (κ3) is 13.9. The van der Waals surface area contributed by atoms with Crippen molar-refractivity contribution in [3.05, 3.63) is 0 Å². The van der Waals surface area contributed by atoms with Crippen molar-refractivity contribution in [2.75, 3.05) is 0 Å². The molecule has 0 aliphatic heterocycles. The Labute approximate surface area is 92.3 Å². The van der Waals surface area contributed by atoms with Crippen LogP contribution >= 0.6 is 0 Å². The molecule has 0 aromatic heterocycles. The van der Waals surface area contributed by atoms with Crippen LogP contribution in [-0.2, 0) is 0 Å². The molecule has 0 amide bonds. The van der Waals surface area contributed by atoms with Gasteiger partial charge in [-0.15, -0.1) is 0 Å². The van der Waals surface area contributed by atoms with Crippen LogP contribution in [-0.4, -0.2) is 27.3 Å². The molecule has 0 rings (SSSR count). The quantitative estimate of drug-likeness (QED) is 0.488. The van der Waals surface area contributed by atoms with E-state index in [1.165, 1.54) is 51.4 Å². The van der Waals surface area contributed by atoms with Gasteiger partial charge in [0.15, 0.2) is 0 Å². The van der Waals surface area contributed by atoms with Gasteiger partial charge in [-0.05, 0) is 0 Å². The topological polar surface area (TPSA) is 0 Å². The third-order valence-corrected chi connectivity index (χ3v) is 1.96. The molecule has 0 heterocycles. The van der Waals surface area contributed by atoms with Crippen LogP contribution in [0, 0.1) is 0 Å². The second kappa shape index (κ2) is 13.5. The summed E-state index contributed by atoms with van der Waals surface area (Å²) in [5, 5.41) is 0. The van der Waals surface area contributed by atoms with Crippen LogP contribution < -0.4 is 0 Å². The van der Waals surface area contributed by atoms with Crippen LogP contribution in [0.4, 0.5) is 0 Å². The van der Waals surface area contributed by atoms with E-state index < -0.39 is 0 Å². The molecule has 0 nitrogen and oxygen atoms in total. The van der Waals surface area contributed by atoms with E-state index in [-0.39, 0.29) is 27.3 Å². The van der Waals surface area contributed by atoms with Crippen molar-refractivity contribution >= 4 is 27.3 Å². The summed E-state index contributed by atoms with van der Waals surface area (Å²) in [7, 11) is 0. The number of hydrogen-bond donors (Lipinski definition) is 0. The van der Waals surface area contributed by atoms with E-state index in [9.17, 15) is 0 Å². The summed E-state index contributed by atoms with van der Waals surface area (Å²) in [6.45, 7) is 4.54. The molecule has 0 unspecified atom stereocenters. The van der Waals surface area contributed by atoms with Gasteiger partial charge in [-0.25, -0.2) is 0 Å². The van der Waals surface area contributed by atoms with Gasteiger partial charge < -0.3 is 0 Å². The van der Waals surface area contributed by atoms with Crippen molar-refractivity contribution in [1.29, 1.82) is 0 Å². The molecular weight excluding hydrogens is 327 g/mol. The fourth-order valence-corrected chi connectivity index (χ4v) is 1.21. The standard InChI is InChI=1S/C10H22.Pb.2H/c1-3-5-7-9-10-8-6-4-2;;;/h3-10H2,1-2H3;;;. The van der Waals surface area contributed by atoms with Crippen LogP contribution in [0.15, 0.2) is 0 Å². The van der Waals surface area contributed by atoms with Crippen molar-refractivity contribution in [2.24, 2.45) is 0 Å². The Bertz CT molecular complexity index is 44.8. The van der Waals surface area contributed by atoms with Crippen LogP contribution in [0.1, 0.15) is 65.2 Å². The third-order valence-electron chi connectivity index (χ3n) is 1.96. The summed E-state index contributed by atoms with van der Waals surface area (Å²) >= 11 is 0. The maximum atomic E-state index is 2.27. The van der Waals surface area contributed by atoms with Gasteiger partial charge in [0.05, 0.1) is 0 Å². The zero-order valence-electron chi connectivity index (χ0n) is 8.36. The van der Waals surface area contributed by atoms with Gasteiger partial charge in [0.2, 0.25) is 0 Å². The Morgan fingerprint density at radius 3 is 1.09 bits per heavy atom. The zero-order valence-corrected chi connectivity index (χ0v) is 13.9. The van der Waals surface area contributed by atoms with Gasteiger partial charge in [-0.2, -0.15) is 0 Å². The average molecular weight is 352 g/mol. The van der Waals surface area contributed by atoms with Crippen LogP contribution in [0.25, 0.3) is 0 Å². The Kier molecular flexibility index (Phi) is 17.7. The molecule has 11 heavy (non-hydrogen) atoms. The fraction of sp³-hybridized carbons (Fsp3) is 1.00. The molecule has 0 fully saturated rings. The summed E-state index contributed by atoms with van der Waals surface area (Å²) in [6.07, 6.45) is 11.5. The van der Waals surface area contributed by atoms with Gasteiger partial charge in [0, 0.05) is 0 Å². The fourth-order valence-electron chi connectivity index (χ4n) is 1.21. The first-order chi connectivity index (χ1) is 4.91. The molecule has 0 N–H and O–H groups in total. The molecule has 0 saturated heterocycles. The molecule has 0 aliphatic rings. The molecule has 0 bridgehead atoms. The predicted octanol–water partition coefficient (Wildman–Crippen LogP) is 3.23. The number of rotatable bonds is 7. The first-order valence-electron chi connectivity index (χ1n) is 4.91. The normalized spacial score (nSPS) is 9.27. The van der Waals surface area contributed by atoms with E-state index in [2.05, 4.69) is 13.8 Å². The molecular formula is C10H24Pb. The van der Waals surface area contributed by atoms with E-state index in [1.54, 1.807) is 0 Å². The van der Waals surface area contributed by atoms with Gasteiger partial charge in [-0.3, -0.25) is 0 Å². The van der Waals surface area contributed by atoms with Crippen LogP contribution in [0.3, 0.4) is 0 Å². The van der Waals surface area contributed by atoms with E-state index in [0.29, 0.717) is 0 Å². The monoisotopic (exact) mass is 352 g/mol. The Balaban J connectivity index is 0. The summed E-state index contributed by atoms with van der Waals surface area (Å²) in [6, 6.07) is 0. The van der Waals surface area contributed by atoms with E-state index in [4.69, 9.17) is 0 Å². The minimum absolute atomic E-state index is 0. The second-order valence-corrected chi connectivity index (χ2v) is 3.12. The van der Waals surface area contributed by atoms with Crippen LogP contribution in [0.5, 0.6) is 0 Å². The van der Waals surface area contributed by atoms with Gasteiger partial charge in [0.25, 0.3) is 0 Å². The van der Waals surface area contributed by atoms with Crippen molar-refractivity contribution in [3.63, 3.8) is 0 Å². The van der Waals surface area contributed by atoms with Crippen molar-refractivity contribution in [3.8, 4) is 0 Å². The minimum atomic E-state index is 0. The van der Waals surface area contributed by atoms with Crippen molar-refractivity contribution in [1.82, 2.24) is 0 Å². The first-order valence-corrected chi connectivity index (χ1v) is 4.91. The van der Waals surface area contributed by atoms with E-state index >= 15 is 0 Å². The number of unbranched alkanes of at least 4 members (excludes halogenated alkanes) is 7. The summed E-state index contributed by atoms with van der Waals surface area (Å²) in [5.74, 6) is 0. The zero-order chi connectivity index (χ0) is 7.66. The summed E-state index contributed by atoms with van der Waals surface area (Å²) in [5.41, 5.74) is 0. The predicted molar refractivity (Wildman–Crippen MR) is 56.8 cm³/mol. The molecule has 68 valence electrons. The van der Waals surface area contributed by atoms with Gasteiger partial charge in [0.1, 0.15) is 0 Å². The molecule has 0 aromatic rings. The van der Waals surface area contributed by atoms with Crippen molar-refractivity contribution in [2.45, 2.75) is 65.2 Å². The Morgan fingerprint density at radius 1 is 0.545 bits per heavy atom. The Morgan fingerprint density at radius 2 is 0.818 bits per heavy atom. The molecule has 1 heteroatoms. The van der Waals surface area contributed by atoms with Crippen LogP contribution in [0.2, 0.25) is 0 Å². The summed E-state index contributed by atoms with van der Waals surface area (Å²) < 4.78 is 0. The number of hydrogen-bond acceptors (Lipinski definition) is 0. The molecule has 0 spiro atoms. The van der Waals surface area contributed by atoms with E-state index in [0.717, 1.165) is 0 Å². The Hall–Kier alpha value is 0.922. The second-order valence-electron chi connectivity index (χ2n) is 3.12. The molecule has 0 saturated carbocycles. The summed E-state index contributed by atoms with van der Waals surface area (Å²) in [4.78, 5) is 0. The van der Waals surface area contributed by atoms with Crippen molar-refractivity contribution < 1.29 is 0 Å². The molecule has 0 aliphatic carbocycles. The molecule has 2 radical (unpaired) electrons. The SMILES string of the molecule is CCCCCCCCCC.[PbH2]. The first kappa shape index (κ1) is 14.4.